The van der Waals surface area contributed by atoms with Crippen LogP contribution in [0.15, 0.2) is 48.5 Å². The Hall–Kier alpha value is -2.79. The van der Waals surface area contributed by atoms with Gasteiger partial charge in [-0.2, -0.15) is 0 Å². The number of rotatable bonds is 5. The first-order valence-electron chi connectivity index (χ1n) is 8.45. The second-order valence-corrected chi connectivity index (χ2v) is 6.35. The molecule has 0 fully saturated rings. The van der Waals surface area contributed by atoms with Gasteiger partial charge in [0, 0.05) is 11.9 Å². The van der Waals surface area contributed by atoms with Crippen molar-refractivity contribution in [3.05, 3.63) is 48.5 Å². The van der Waals surface area contributed by atoms with E-state index in [1.165, 1.54) is 0 Å². The molecule has 0 radical (unpaired) electrons. The molecule has 0 unspecified atom stereocenters. The van der Waals surface area contributed by atoms with Crippen molar-refractivity contribution in [1.29, 1.82) is 0 Å². The van der Waals surface area contributed by atoms with E-state index in [4.69, 9.17) is 14.7 Å². The molecule has 4 aromatic rings. The molecule has 0 aliphatic carbocycles. The number of ether oxygens (including phenoxy) is 1. The lowest BCUT2D eigenvalue weighted by atomic mass is 10.1. The van der Waals surface area contributed by atoms with Crippen molar-refractivity contribution in [3.63, 3.8) is 0 Å². The molecule has 0 amide bonds. The Kier molecular flexibility index (Phi) is 4.15. The van der Waals surface area contributed by atoms with E-state index in [1.54, 1.807) is 0 Å². The average molecular weight is 332 g/mol. The predicted octanol–water partition coefficient (Wildman–Crippen LogP) is 3.66. The Labute approximate surface area is 146 Å². The average Bonchev–Trinajstić information content (AvgIpc) is 2.63. The molecule has 2 aromatic heterocycles. The molecule has 2 aromatic carbocycles. The fraction of sp³-hybridized carbons (Fsp3) is 0.250. The monoisotopic (exact) mass is 332 g/mol. The first kappa shape index (κ1) is 15.7. The minimum atomic E-state index is 0.561. The van der Waals surface area contributed by atoms with Gasteiger partial charge in [-0.15, -0.1) is 0 Å². The molecule has 2 heterocycles. The van der Waals surface area contributed by atoms with Gasteiger partial charge in [0.15, 0.2) is 5.52 Å². The number of pyridine rings is 1. The third kappa shape index (κ3) is 3.10. The van der Waals surface area contributed by atoms with Crippen LogP contribution in [0.2, 0.25) is 0 Å². The lowest BCUT2D eigenvalue weighted by Crippen LogP contribution is -2.15. The number of para-hydroxylation sites is 3. The summed E-state index contributed by atoms with van der Waals surface area (Å²) < 4.78 is 5.99. The summed E-state index contributed by atoms with van der Waals surface area (Å²) in [5, 5.41) is 0.997. The van der Waals surface area contributed by atoms with Crippen molar-refractivity contribution in [2.24, 2.45) is 0 Å². The summed E-state index contributed by atoms with van der Waals surface area (Å²) in [6, 6.07) is 15.9. The lowest BCUT2D eigenvalue weighted by Gasteiger charge is -2.12. The zero-order valence-electron chi connectivity index (χ0n) is 14.4. The molecule has 5 heteroatoms. The van der Waals surface area contributed by atoms with Gasteiger partial charge in [-0.25, -0.2) is 15.0 Å². The lowest BCUT2D eigenvalue weighted by molar-refractivity contribution is 0.276. The zero-order valence-corrected chi connectivity index (χ0v) is 14.4. The minimum absolute atomic E-state index is 0.561. The topological polar surface area (TPSA) is 51.1 Å². The summed E-state index contributed by atoms with van der Waals surface area (Å²) in [4.78, 5) is 16.4. The van der Waals surface area contributed by atoms with Crippen LogP contribution in [0.1, 0.15) is 6.42 Å². The van der Waals surface area contributed by atoms with E-state index in [0.29, 0.717) is 12.5 Å². The van der Waals surface area contributed by atoms with Crippen molar-refractivity contribution < 1.29 is 4.74 Å². The molecular formula is C20H20N4O. The van der Waals surface area contributed by atoms with Gasteiger partial charge in [-0.3, -0.25) is 0 Å². The Morgan fingerprint density at radius 1 is 0.800 bits per heavy atom. The summed E-state index contributed by atoms with van der Waals surface area (Å²) in [6.45, 7) is 1.58. The number of benzene rings is 2. The molecule has 0 atom stereocenters. The fourth-order valence-corrected chi connectivity index (χ4v) is 2.92. The first-order chi connectivity index (χ1) is 12.2. The maximum Gasteiger partial charge on any atom is 0.242 e. The molecule has 0 aliphatic heterocycles. The van der Waals surface area contributed by atoms with Gasteiger partial charge in [-0.05, 0) is 38.7 Å². The van der Waals surface area contributed by atoms with Gasteiger partial charge in [0.1, 0.15) is 5.52 Å². The third-order valence-corrected chi connectivity index (χ3v) is 4.14. The van der Waals surface area contributed by atoms with E-state index in [9.17, 15) is 0 Å². The second kappa shape index (κ2) is 6.61. The van der Waals surface area contributed by atoms with Crippen LogP contribution in [0, 0.1) is 0 Å². The molecule has 0 bridgehead atoms. The van der Waals surface area contributed by atoms with Gasteiger partial charge >= 0.3 is 0 Å². The van der Waals surface area contributed by atoms with E-state index in [2.05, 4.69) is 24.0 Å². The number of nitrogens with zero attached hydrogens (tertiary/aromatic N) is 4. The van der Waals surface area contributed by atoms with Crippen molar-refractivity contribution in [3.8, 4) is 5.88 Å². The highest BCUT2D eigenvalue weighted by atomic mass is 16.5. The standard InChI is InChI=1S/C20H20N4O/c1-24(2)12-7-13-25-20-19-18(14-8-3-4-9-15(14)23-20)21-16-10-5-6-11-17(16)22-19/h3-6,8-11H,7,12-13H2,1-2H3. The Morgan fingerprint density at radius 3 is 2.16 bits per heavy atom. The van der Waals surface area contributed by atoms with Crippen LogP contribution >= 0.6 is 0 Å². The van der Waals surface area contributed by atoms with Gasteiger partial charge in [0.25, 0.3) is 0 Å². The maximum atomic E-state index is 5.99. The highest BCUT2D eigenvalue weighted by molar-refractivity contribution is 6.06. The van der Waals surface area contributed by atoms with E-state index in [-0.39, 0.29) is 0 Å². The third-order valence-electron chi connectivity index (χ3n) is 4.14. The minimum Gasteiger partial charge on any atom is -0.476 e. The molecular weight excluding hydrogens is 312 g/mol. The Bertz CT molecular complexity index is 1050. The highest BCUT2D eigenvalue weighted by Crippen LogP contribution is 2.29. The van der Waals surface area contributed by atoms with Gasteiger partial charge in [-0.1, -0.05) is 30.3 Å². The fourth-order valence-electron chi connectivity index (χ4n) is 2.92. The van der Waals surface area contributed by atoms with E-state index in [0.717, 1.165) is 45.9 Å². The highest BCUT2D eigenvalue weighted by Gasteiger charge is 2.13. The van der Waals surface area contributed by atoms with Crippen LogP contribution in [0.25, 0.3) is 33.0 Å². The zero-order chi connectivity index (χ0) is 17.2. The van der Waals surface area contributed by atoms with Gasteiger partial charge in [0.05, 0.1) is 23.2 Å². The van der Waals surface area contributed by atoms with Crippen LogP contribution in [-0.2, 0) is 0 Å². The molecule has 0 N–H and O–H groups in total. The van der Waals surface area contributed by atoms with Crippen molar-refractivity contribution in [2.45, 2.75) is 6.42 Å². The quantitative estimate of drug-likeness (QED) is 0.317. The summed E-state index contributed by atoms with van der Waals surface area (Å²) in [5.74, 6) is 0.561. The summed E-state index contributed by atoms with van der Waals surface area (Å²) in [6.07, 6.45) is 0.935. The number of hydrogen-bond donors (Lipinski definition) is 0. The Balaban J connectivity index is 1.85. The number of fused-ring (bicyclic) bond motifs is 4. The summed E-state index contributed by atoms with van der Waals surface area (Å²) in [5.41, 5.74) is 4.17. The summed E-state index contributed by atoms with van der Waals surface area (Å²) in [7, 11) is 4.11. The molecule has 0 saturated carbocycles. The number of hydrogen-bond acceptors (Lipinski definition) is 5. The molecule has 0 spiro atoms. The van der Waals surface area contributed by atoms with Crippen molar-refractivity contribution in [1.82, 2.24) is 19.9 Å². The van der Waals surface area contributed by atoms with Crippen LogP contribution in [-0.4, -0.2) is 47.1 Å². The SMILES string of the molecule is CN(C)CCCOc1nc2ccccc2c2nc3ccccc3nc12. The van der Waals surface area contributed by atoms with E-state index >= 15 is 0 Å². The molecule has 0 saturated heterocycles. The largest absolute Gasteiger partial charge is 0.476 e. The maximum absolute atomic E-state index is 5.99. The normalized spacial score (nSPS) is 11.6. The molecule has 4 rings (SSSR count). The Morgan fingerprint density at radius 2 is 1.44 bits per heavy atom. The first-order valence-corrected chi connectivity index (χ1v) is 8.45. The molecule has 5 nitrogen and oxygen atoms in total. The molecule has 25 heavy (non-hydrogen) atoms. The predicted molar refractivity (Wildman–Crippen MR) is 101 cm³/mol. The molecule has 0 aliphatic rings. The second-order valence-electron chi connectivity index (χ2n) is 6.35. The van der Waals surface area contributed by atoms with Crippen LogP contribution in [0.5, 0.6) is 5.88 Å². The smallest absolute Gasteiger partial charge is 0.242 e. The number of aromatic nitrogens is 3. The van der Waals surface area contributed by atoms with E-state index < -0.39 is 0 Å². The van der Waals surface area contributed by atoms with Crippen LogP contribution in [0.3, 0.4) is 0 Å². The van der Waals surface area contributed by atoms with Crippen molar-refractivity contribution >= 4 is 33.0 Å². The van der Waals surface area contributed by atoms with Crippen LogP contribution < -0.4 is 4.74 Å². The van der Waals surface area contributed by atoms with Crippen LogP contribution in [0.4, 0.5) is 0 Å². The molecule has 126 valence electrons. The van der Waals surface area contributed by atoms with Gasteiger partial charge < -0.3 is 9.64 Å². The van der Waals surface area contributed by atoms with E-state index in [1.807, 2.05) is 48.5 Å². The van der Waals surface area contributed by atoms with Gasteiger partial charge in [0.2, 0.25) is 5.88 Å². The summed E-state index contributed by atoms with van der Waals surface area (Å²) >= 11 is 0. The van der Waals surface area contributed by atoms with Crippen molar-refractivity contribution in [2.75, 3.05) is 27.2 Å².